The van der Waals surface area contributed by atoms with Crippen LogP contribution in [-0.2, 0) is 15.7 Å². The number of phenolic OH excluding ortho intramolecular Hbond substituents is 1. The first-order chi connectivity index (χ1) is 6.15. The zero-order valence-electron chi connectivity index (χ0n) is 6.25. The zero-order chi connectivity index (χ0) is 9.84. The first kappa shape index (κ1) is 10.3. The molecule has 0 aliphatic rings. The molecule has 71 valence electrons. The standard InChI is InChI=1S/C7H5NO3.ClH.Ru/c1-5-4-6(8(10)11)2-3-7(5)9;;/h1-4,9H;1H;/q;;+1/p-1. The maximum absolute atomic E-state index is 10.4. The summed E-state index contributed by atoms with van der Waals surface area (Å²) in [6.07, 6.45) is 0. The summed E-state index contributed by atoms with van der Waals surface area (Å²) in [5.74, 6) is 0.0144. The minimum absolute atomic E-state index is 0.0144. The molecule has 0 aromatic heterocycles. The van der Waals surface area contributed by atoms with E-state index in [2.05, 4.69) is 0 Å². The molecular formula is C7H5ClNO3Ru. The van der Waals surface area contributed by atoms with Gasteiger partial charge in [-0.3, -0.25) is 0 Å². The third-order valence-electron chi connectivity index (χ3n) is 1.37. The van der Waals surface area contributed by atoms with E-state index in [1.807, 2.05) is 0 Å². The normalized spacial score (nSPS) is 11.2. The zero-order valence-corrected chi connectivity index (χ0v) is 8.75. The van der Waals surface area contributed by atoms with E-state index in [0.29, 0.717) is 5.56 Å². The molecule has 0 unspecified atom stereocenters. The van der Waals surface area contributed by atoms with Crippen LogP contribution in [0.2, 0.25) is 0 Å². The fourth-order valence-corrected chi connectivity index (χ4v) is 1.88. The molecule has 1 aromatic rings. The van der Waals surface area contributed by atoms with E-state index in [-0.39, 0.29) is 11.4 Å². The Labute approximate surface area is 85.5 Å². The maximum atomic E-state index is 10.4. The van der Waals surface area contributed by atoms with Crippen molar-refractivity contribution in [1.29, 1.82) is 0 Å². The van der Waals surface area contributed by atoms with E-state index in [1.165, 1.54) is 18.2 Å². The summed E-state index contributed by atoms with van der Waals surface area (Å²) in [4.78, 5) is 9.84. The number of non-ortho nitro benzene ring substituents is 1. The van der Waals surface area contributed by atoms with Crippen LogP contribution < -0.4 is 0 Å². The summed E-state index contributed by atoms with van der Waals surface area (Å²) in [5, 5.41) is 19.6. The van der Waals surface area contributed by atoms with Crippen molar-refractivity contribution in [1.82, 2.24) is 0 Å². The molecule has 0 aliphatic carbocycles. The molecule has 1 aromatic carbocycles. The number of nitro benzene ring substituents is 1. The molecule has 0 radical (unpaired) electrons. The van der Waals surface area contributed by atoms with Crippen LogP contribution in [0.5, 0.6) is 5.75 Å². The van der Waals surface area contributed by atoms with Gasteiger partial charge in [0.2, 0.25) is 0 Å². The van der Waals surface area contributed by atoms with Crippen LogP contribution in [-0.4, -0.2) is 14.6 Å². The second-order valence-corrected chi connectivity index (χ2v) is 3.97. The van der Waals surface area contributed by atoms with Crippen molar-refractivity contribution in [3.63, 3.8) is 0 Å². The Balaban J connectivity index is 3.18. The van der Waals surface area contributed by atoms with E-state index in [0.717, 1.165) is 0 Å². The predicted molar refractivity (Wildman–Crippen MR) is 45.8 cm³/mol. The average Bonchev–Trinajstić information content (AvgIpc) is 2.08. The SMILES string of the molecule is O=[N+]([O-])c1ccc(O)c([CH]=[Ru][Cl])c1. The molecule has 0 saturated heterocycles. The van der Waals surface area contributed by atoms with Crippen LogP contribution in [0.15, 0.2) is 18.2 Å². The van der Waals surface area contributed by atoms with Crippen molar-refractivity contribution >= 4 is 20.0 Å². The minimum atomic E-state index is -0.513. The average molecular weight is 288 g/mol. The van der Waals surface area contributed by atoms with Gasteiger partial charge in [-0.1, -0.05) is 0 Å². The molecule has 0 amide bonds. The second-order valence-electron chi connectivity index (χ2n) is 2.18. The van der Waals surface area contributed by atoms with Crippen molar-refractivity contribution in [3.8, 4) is 5.75 Å². The fourth-order valence-electron chi connectivity index (χ4n) is 0.779. The number of aromatic hydroxyl groups is 1. The Morgan fingerprint density at radius 2 is 2.31 bits per heavy atom. The number of hydrogen-bond donors (Lipinski definition) is 1. The van der Waals surface area contributed by atoms with Gasteiger partial charge in [-0.15, -0.1) is 0 Å². The number of hydrogen-bond acceptors (Lipinski definition) is 3. The van der Waals surface area contributed by atoms with Crippen LogP contribution in [0.25, 0.3) is 0 Å². The number of benzene rings is 1. The molecule has 0 aliphatic heterocycles. The van der Waals surface area contributed by atoms with Crippen LogP contribution >= 0.6 is 9.69 Å². The molecule has 0 heterocycles. The van der Waals surface area contributed by atoms with Crippen LogP contribution in [0.1, 0.15) is 5.56 Å². The van der Waals surface area contributed by atoms with Gasteiger partial charge < -0.3 is 0 Å². The van der Waals surface area contributed by atoms with E-state index in [4.69, 9.17) is 9.69 Å². The van der Waals surface area contributed by atoms with Crippen molar-refractivity contribution in [2.75, 3.05) is 0 Å². The fraction of sp³-hybridized carbons (Fsp3) is 0. The molecule has 0 fully saturated rings. The van der Waals surface area contributed by atoms with Crippen molar-refractivity contribution in [2.24, 2.45) is 0 Å². The molecule has 1 rings (SSSR count). The molecule has 4 nitrogen and oxygen atoms in total. The van der Waals surface area contributed by atoms with E-state index >= 15 is 0 Å². The number of halogens is 1. The molecule has 1 N–H and O–H groups in total. The Bertz CT molecular complexity index is 367. The van der Waals surface area contributed by atoms with Gasteiger partial charge in [-0.25, -0.2) is 0 Å². The molecule has 6 heteroatoms. The molecule has 0 saturated carbocycles. The monoisotopic (exact) mass is 288 g/mol. The number of rotatable bonds is 2. The van der Waals surface area contributed by atoms with Gasteiger partial charge in [-0.05, 0) is 0 Å². The summed E-state index contributed by atoms with van der Waals surface area (Å²) < 4.78 is 1.59. The summed E-state index contributed by atoms with van der Waals surface area (Å²) in [6.45, 7) is 0. The van der Waals surface area contributed by atoms with E-state index in [1.54, 1.807) is 4.61 Å². The Kier molecular flexibility index (Phi) is 3.51. The molecule has 0 spiro atoms. The van der Waals surface area contributed by atoms with Crippen LogP contribution in [0.4, 0.5) is 5.69 Å². The summed E-state index contributed by atoms with van der Waals surface area (Å²) in [5.41, 5.74) is 0.372. The van der Waals surface area contributed by atoms with Gasteiger partial charge in [0, 0.05) is 0 Å². The van der Waals surface area contributed by atoms with Crippen molar-refractivity contribution < 1.29 is 25.7 Å². The quantitative estimate of drug-likeness (QED) is 0.511. The Hall–Kier alpha value is -0.797. The summed E-state index contributed by atoms with van der Waals surface area (Å²) >= 11 is -0.500. The van der Waals surface area contributed by atoms with Gasteiger partial charge >= 0.3 is 85.3 Å². The molecule has 0 atom stereocenters. The molecular weight excluding hydrogens is 283 g/mol. The van der Waals surface area contributed by atoms with Gasteiger partial charge in [0.25, 0.3) is 0 Å². The van der Waals surface area contributed by atoms with E-state index < -0.39 is 20.6 Å². The first-order valence-electron chi connectivity index (χ1n) is 3.18. The van der Waals surface area contributed by atoms with Gasteiger partial charge in [-0.2, -0.15) is 0 Å². The molecule has 13 heavy (non-hydrogen) atoms. The Morgan fingerprint density at radius 1 is 1.62 bits per heavy atom. The van der Waals surface area contributed by atoms with Crippen LogP contribution in [0.3, 0.4) is 0 Å². The van der Waals surface area contributed by atoms with Crippen molar-refractivity contribution in [3.05, 3.63) is 33.9 Å². The third kappa shape index (κ3) is 2.57. The Morgan fingerprint density at radius 3 is 2.85 bits per heavy atom. The summed E-state index contributed by atoms with van der Waals surface area (Å²) in [6, 6.07) is 3.83. The molecule has 0 bridgehead atoms. The topological polar surface area (TPSA) is 63.4 Å². The number of phenols is 1. The van der Waals surface area contributed by atoms with Gasteiger partial charge in [0.15, 0.2) is 0 Å². The van der Waals surface area contributed by atoms with E-state index in [9.17, 15) is 15.2 Å². The second kappa shape index (κ2) is 4.44. The predicted octanol–water partition coefficient (Wildman–Crippen LogP) is 1.69. The van der Waals surface area contributed by atoms with Crippen molar-refractivity contribution in [2.45, 2.75) is 0 Å². The number of nitro groups is 1. The summed E-state index contributed by atoms with van der Waals surface area (Å²) in [7, 11) is 5.49. The number of nitrogens with zero attached hydrogens (tertiary/aromatic N) is 1. The van der Waals surface area contributed by atoms with Crippen LogP contribution in [0, 0.1) is 10.1 Å². The first-order valence-corrected chi connectivity index (χ1v) is 6.42. The van der Waals surface area contributed by atoms with Gasteiger partial charge in [0.1, 0.15) is 0 Å². The van der Waals surface area contributed by atoms with Gasteiger partial charge in [0.05, 0.1) is 0 Å². The third-order valence-corrected chi connectivity index (χ3v) is 2.56.